The molecular weight excluding hydrogens is 238 g/mol. The molecule has 0 saturated carbocycles. The van der Waals surface area contributed by atoms with Gasteiger partial charge in [0.1, 0.15) is 5.75 Å². The number of fused-ring (bicyclic) bond motifs is 1. The Morgan fingerprint density at radius 1 is 1.16 bits per heavy atom. The normalized spacial score (nSPS) is 11.0. The minimum atomic E-state index is 0.283. The second kappa shape index (κ2) is 4.74. The molecule has 19 heavy (non-hydrogen) atoms. The summed E-state index contributed by atoms with van der Waals surface area (Å²) in [5.74, 6) is 0.283. The van der Waals surface area contributed by atoms with Gasteiger partial charge in [0.2, 0.25) is 0 Å². The van der Waals surface area contributed by atoms with E-state index in [1.165, 1.54) is 0 Å². The number of benzene rings is 2. The lowest BCUT2D eigenvalue weighted by Crippen LogP contribution is -2.03. The van der Waals surface area contributed by atoms with Crippen LogP contribution < -0.4 is 5.73 Å². The molecule has 4 heteroatoms. The molecule has 0 saturated heterocycles. The molecule has 3 rings (SSSR count). The Balaban J connectivity index is 2.15. The van der Waals surface area contributed by atoms with Crippen LogP contribution in [0.5, 0.6) is 5.75 Å². The summed E-state index contributed by atoms with van der Waals surface area (Å²) in [5.41, 5.74) is 9.35. The zero-order valence-corrected chi connectivity index (χ0v) is 10.4. The van der Waals surface area contributed by atoms with E-state index < -0.39 is 0 Å². The fraction of sp³-hybridized carbons (Fsp3) is 0.133. The minimum absolute atomic E-state index is 0.283. The number of nitrogens with one attached hydrogen (secondary N) is 1. The van der Waals surface area contributed by atoms with Crippen LogP contribution in [0.25, 0.3) is 22.0 Å². The van der Waals surface area contributed by atoms with Gasteiger partial charge >= 0.3 is 0 Å². The summed E-state index contributed by atoms with van der Waals surface area (Å²) in [5, 5.41) is 18.2. The van der Waals surface area contributed by atoms with Crippen molar-refractivity contribution >= 4 is 10.9 Å². The van der Waals surface area contributed by atoms with E-state index >= 15 is 0 Å². The third kappa shape index (κ3) is 2.06. The van der Waals surface area contributed by atoms with Crippen molar-refractivity contribution in [1.82, 2.24) is 10.2 Å². The van der Waals surface area contributed by atoms with Crippen LogP contribution in [0.1, 0.15) is 5.69 Å². The van der Waals surface area contributed by atoms with Crippen LogP contribution in [-0.4, -0.2) is 21.8 Å². The van der Waals surface area contributed by atoms with E-state index in [0.717, 1.165) is 34.1 Å². The Morgan fingerprint density at radius 2 is 2.00 bits per heavy atom. The first-order chi connectivity index (χ1) is 9.29. The Hall–Kier alpha value is -2.33. The van der Waals surface area contributed by atoms with Gasteiger partial charge in [0, 0.05) is 23.1 Å². The fourth-order valence-electron chi connectivity index (χ4n) is 2.28. The lowest BCUT2D eigenvalue weighted by Gasteiger charge is -2.05. The monoisotopic (exact) mass is 253 g/mol. The lowest BCUT2D eigenvalue weighted by molar-refractivity contribution is 0.477. The molecule has 96 valence electrons. The highest BCUT2D eigenvalue weighted by atomic mass is 16.3. The Kier molecular flexibility index (Phi) is 2.93. The van der Waals surface area contributed by atoms with E-state index in [-0.39, 0.29) is 5.75 Å². The number of hydrogen-bond donors (Lipinski definition) is 3. The van der Waals surface area contributed by atoms with Crippen LogP contribution in [0.3, 0.4) is 0 Å². The van der Waals surface area contributed by atoms with Gasteiger partial charge in [0.15, 0.2) is 0 Å². The molecule has 3 aromatic rings. The molecule has 0 aliphatic heterocycles. The maximum Gasteiger partial charge on any atom is 0.123 e. The van der Waals surface area contributed by atoms with Crippen LogP contribution in [0, 0.1) is 0 Å². The third-order valence-electron chi connectivity index (χ3n) is 3.24. The van der Waals surface area contributed by atoms with Crippen LogP contribution in [-0.2, 0) is 6.42 Å². The summed E-state index contributed by atoms with van der Waals surface area (Å²) in [4.78, 5) is 0. The second-order valence-corrected chi connectivity index (χ2v) is 4.49. The molecule has 1 aromatic heterocycles. The highest BCUT2D eigenvalue weighted by Gasteiger charge is 2.08. The van der Waals surface area contributed by atoms with Crippen LogP contribution >= 0.6 is 0 Å². The van der Waals surface area contributed by atoms with Gasteiger partial charge in [-0.1, -0.05) is 24.3 Å². The second-order valence-electron chi connectivity index (χ2n) is 4.49. The molecule has 0 aliphatic rings. The highest BCUT2D eigenvalue weighted by molar-refractivity contribution is 5.87. The molecule has 1 heterocycles. The predicted molar refractivity (Wildman–Crippen MR) is 76.0 cm³/mol. The molecule has 0 amide bonds. The van der Waals surface area contributed by atoms with Crippen molar-refractivity contribution in [2.45, 2.75) is 6.42 Å². The van der Waals surface area contributed by atoms with Crippen molar-refractivity contribution in [3.63, 3.8) is 0 Å². The zero-order chi connectivity index (χ0) is 13.2. The summed E-state index contributed by atoms with van der Waals surface area (Å²) >= 11 is 0. The largest absolute Gasteiger partial charge is 0.507 e. The van der Waals surface area contributed by atoms with E-state index in [1.54, 1.807) is 6.07 Å². The number of nitrogens with two attached hydrogens (primary N) is 1. The first kappa shape index (κ1) is 11.7. The maximum absolute atomic E-state index is 9.92. The van der Waals surface area contributed by atoms with Gasteiger partial charge in [-0.2, -0.15) is 5.10 Å². The summed E-state index contributed by atoms with van der Waals surface area (Å²) in [6, 6.07) is 13.3. The minimum Gasteiger partial charge on any atom is -0.507 e. The lowest BCUT2D eigenvalue weighted by atomic mass is 10.0. The number of aromatic amines is 1. The van der Waals surface area contributed by atoms with E-state index in [9.17, 15) is 5.11 Å². The SMILES string of the molecule is NCCc1[nH]nc2ccc(-c3ccccc3O)cc12. The van der Waals surface area contributed by atoms with Gasteiger partial charge in [0.05, 0.1) is 5.52 Å². The van der Waals surface area contributed by atoms with Crippen molar-refractivity contribution in [2.24, 2.45) is 5.73 Å². The van der Waals surface area contributed by atoms with Crippen LogP contribution in [0.15, 0.2) is 42.5 Å². The molecule has 0 radical (unpaired) electrons. The van der Waals surface area contributed by atoms with Gasteiger partial charge in [-0.15, -0.1) is 0 Å². The van der Waals surface area contributed by atoms with Gasteiger partial charge in [-0.05, 0) is 30.3 Å². The number of phenolic OH excluding ortho intramolecular Hbond substituents is 1. The van der Waals surface area contributed by atoms with Crippen LogP contribution in [0.2, 0.25) is 0 Å². The van der Waals surface area contributed by atoms with E-state index in [2.05, 4.69) is 10.2 Å². The molecule has 0 unspecified atom stereocenters. The summed E-state index contributed by atoms with van der Waals surface area (Å²) < 4.78 is 0. The van der Waals surface area contributed by atoms with E-state index in [1.807, 2.05) is 36.4 Å². The predicted octanol–water partition coefficient (Wildman–Crippen LogP) is 2.44. The van der Waals surface area contributed by atoms with Crippen molar-refractivity contribution < 1.29 is 5.11 Å². The molecule has 4 N–H and O–H groups in total. The average Bonchev–Trinajstić information content (AvgIpc) is 2.82. The number of H-pyrrole nitrogens is 1. The Labute approximate surface area is 110 Å². The topological polar surface area (TPSA) is 74.9 Å². The molecule has 0 spiro atoms. The molecule has 0 aliphatic carbocycles. The maximum atomic E-state index is 9.92. The quantitative estimate of drug-likeness (QED) is 0.671. The average molecular weight is 253 g/mol. The van der Waals surface area contributed by atoms with Crippen molar-refractivity contribution in [3.05, 3.63) is 48.2 Å². The highest BCUT2D eigenvalue weighted by Crippen LogP contribution is 2.31. The summed E-state index contributed by atoms with van der Waals surface area (Å²) in [7, 11) is 0. The Bertz CT molecular complexity index is 718. The van der Waals surface area contributed by atoms with Gasteiger partial charge in [0.25, 0.3) is 0 Å². The number of para-hydroxylation sites is 1. The first-order valence-electron chi connectivity index (χ1n) is 6.25. The molecular formula is C15H15N3O. The van der Waals surface area contributed by atoms with E-state index in [0.29, 0.717) is 6.54 Å². The standard InChI is InChI=1S/C15H15N3O/c16-8-7-14-12-9-10(5-6-13(12)17-18-14)11-3-1-2-4-15(11)19/h1-6,9,19H,7-8,16H2,(H,17,18). The number of aromatic hydroxyl groups is 1. The first-order valence-corrected chi connectivity index (χ1v) is 6.25. The van der Waals surface area contributed by atoms with Gasteiger partial charge in [-0.3, -0.25) is 5.10 Å². The smallest absolute Gasteiger partial charge is 0.123 e. The molecule has 0 fully saturated rings. The Morgan fingerprint density at radius 3 is 2.79 bits per heavy atom. The number of rotatable bonds is 3. The molecule has 4 nitrogen and oxygen atoms in total. The van der Waals surface area contributed by atoms with E-state index in [4.69, 9.17) is 5.73 Å². The van der Waals surface area contributed by atoms with Crippen molar-refractivity contribution in [1.29, 1.82) is 0 Å². The van der Waals surface area contributed by atoms with Gasteiger partial charge in [-0.25, -0.2) is 0 Å². The van der Waals surface area contributed by atoms with Crippen molar-refractivity contribution in [2.75, 3.05) is 6.54 Å². The van der Waals surface area contributed by atoms with Gasteiger partial charge < -0.3 is 10.8 Å². The molecule has 0 atom stereocenters. The van der Waals surface area contributed by atoms with Crippen molar-refractivity contribution in [3.8, 4) is 16.9 Å². The summed E-state index contributed by atoms with van der Waals surface area (Å²) in [6.45, 7) is 0.581. The number of nitrogens with zero attached hydrogens (tertiary/aromatic N) is 1. The summed E-state index contributed by atoms with van der Waals surface area (Å²) in [6.07, 6.45) is 0.765. The third-order valence-corrected chi connectivity index (χ3v) is 3.24. The zero-order valence-electron chi connectivity index (χ0n) is 10.4. The molecule has 2 aromatic carbocycles. The number of hydrogen-bond acceptors (Lipinski definition) is 3. The number of aromatic nitrogens is 2. The molecule has 0 bridgehead atoms. The van der Waals surface area contributed by atoms with Crippen LogP contribution in [0.4, 0.5) is 0 Å². The number of phenols is 1. The fourth-order valence-corrected chi connectivity index (χ4v) is 2.28.